The molecule has 3 nitrogen and oxygen atoms in total. The van der Waals surface area contributed by atoms with Crippen LogP contribution in [0.2, 0.25) is 0 Å². The number of hydrogen-bond donors (Lipinski definition) is 2. The van der Waals surface area contributed by atoms with E-state index in [-0.39, 0.29) is 0 Å². The molecule has 2 rings (SSSR count). The molecule has 0 atom stereocenters. The van der Waals surface area contributed by atoms with Gasteiger partial charge in [0.15, 0.2) is 0 Å². The number of allylic oxidation sites excluding steroid dienone is 1. The summed E-state index contributed by atoms with van der Waals surface area (Å²) in [6.07, 6.45) is 4.38. The third kappa shape index (κ3) is 1.35. The fraction of sp³-hybridized carbons (Fsp3) is 0.444. The van der Waals surface area contributed by atoms with Gasteiger partial charge < -0.3 is 5.43 Å². The maximum absolute atomic E-state index is 4.56. The molecule has 0 aromatic carbocycles. The van der Waals surface area contributed by atoms with Crippen molar-refractivity contribution < 1.29 is 0 Å². The second kappa shape index (κ2) is 2.66. The van der Waals surface area contributed by atoms with E-state index >= 15 is 0 Å². The first-order valence-electron chi connectivity index (χ1n) is 4.23. The highest BCUT2D eigenvalue weighted by molar-refractivity contribution is 6.11. The van der Waals surface area contributed by atoms with Gasteiger partial charge in [-0.3, -0.25) is 10.4 Å². The monoisotopic (exact) mass is 163 g/mol. The summed E-state index contributed by atoms with van der Waals surface area (Å²) < 4.78 is 0. The highest BCUT2D eigenvalue weighted by Crippen LogP contribution is 2.25. The van der Waals surface area contributed by atoms with Gasteiger partial charge in [0.1, 0.15) is 0 Å². The zero-order chi connectivity index (χ0) is 8.55. The fourth-order valence-electron chi connectivity index (χ4n) is 1.16. The van der Waals surface area contributed by atoms with Crippen molar-refractivity contribution in [3.63, 3.8) is 0 Å². The minimum atomic E-state index is 0.556. The van der Waals surface area contributed by atoms with Gasteiger partial charge in [-0.05, 0) is 25.3 Å². The van der Waals surface area contributed by atoms with E-state index in [4.69, 9.17) is 0 Å². The Hall–Kier alpha value is -1.25. The SMILES string of the molecule is C=C1NNC=C(C)C1=NC1CC1. The predicted molar refractivity (Wildman–Crippen MR) is 49.6 cm³/mol. The average molecular weight is 163 g/mol. The van der Waals surface area contributed by atoms with Crippen molar-refractivity contribution in [2.75, 3.05) is 0 Å². The maximum Gasteiger partial charge on any atom is 0.0865 e. The van der Waals surface area contributed by atoms with Gasteiger partial charge in [0, 0.05) is 6.20 Å². The molecule has 1 aliphatic carbocycles. The maximum atomic E-state index is 4.56. The molecule has 0 aromatic heterocycles. The Morgan fingerprint density at radius 3 is 2.92 bits per heavy atom. The van der Waals surface area contributed by atoms with Crippen molar-refractivity contribution in [2.45, 2.75) is 25.8 Å². The van der Waals surface area contributed by atoms with E-state index in [0.29, 0.717) is 6.04 Å². The number of nitrogens with zero attached hydrogens (tertiary/aromatic N) is 1. The van der Waals surface area contributed by atoms with Crippen LogP contribution in [0.5, 0.6) is 0 Å². The first kappa shape index (κ1) is 7.40. The van der Waals surface area contributed by atoms with Crippen LogP contribution in [0.1, 0.15) is 19.8 Å². The van der Waals surface area contributed by atoms with Crippen LogP contribution in [0.3, 0.4) is 0 Å². The summed E-state index contributed by atoms with van der Waals surface area (Å²) in [6.45, 7) is 5.92. The van der Waals surface area contributed by atoms with Crippen molar-refractivity contribution in [3.05, 3.63) is 24.0 Å². The summed E-state index contributed by atoms with van der Waals surface area (Å²) >= 11 is 0. The van der Waals surface area contributed by atoms with Crippen molar-refractivity contribution in [2.24, 2.45) is 4.99 Å². The highest BCUT2D eigenvalue weighted by Gasteiger charge is 2.22. The first-order valence-corrected chi connectivity index (χ1v) is 4.23. The summed E-state index contributed by atoms with van der Waals surface area (Å²) in [6, 6.07) is 0.556. The van der Waals surface area contributed by atoms with Gasteiger partial charge in [-0.1, -0.05) is 6.58 Å². The molecule has 0 saturated heterocycles. The zero-order valence-corrected chi connectivity index (χ0v) is 7.22. The molecular weight excluding hydrogens is 150 g/mol. The minimum absolute atomic E-state index is 0.556. The molecule has 2 aliphatic rings. The van der Waals surface area contributed by atoms with E-state index in [1.807, 2.05) is 13.1 Å². The van der Waals surface area contributed by atoms with Gasteiger partial charge in [0.05, 0.1) is 17.5 Å². The Bertz CT molecular complexity index is 271. The van der Waals surface area contributed by atoms with Crippen LogP contribution in [0, 0.1) is 0 Å². The highest BCUT2D eigenvalue weighted by atomic mass is 15.4. The van der Waals surface area contributed by atoms with E-state index in [1.165, 1.54) is 12.8 Å². The second-order valence-corrected chi connectivity index (χ2v) is 3.28. The molecule has 1 heterocycles. The number of hydrogen-bond acceptors (Lipinski definition) is 3. The molecule has 12 heavy (non-hydrogen) atoms. The molecule has 3 heteroatoms. The lowest BCUT2D eigenvalue weighted by Gasteiger charge is -2.18. The van der Waals surface area contributed by atoms with Crippen molar-refractivity contribution in [1.29, 1.82) is 0 Å². The van der Waals surface area contributed by atoms with Gasteiger partial charge >= 0.3 is 0 Å². The summed E-state index contributed by atoms with van der Waals surface area (Å²) in [5.41, 5.74) is 8.92. The fourth-order valence-corrected chi connectivity index (χ4v) is 1.16. The van der Waals surface area contributed by atoms with Gasteiger partial charge in [0.2, 0.25) is 0 Å². The van der Waals surface area contributed by atoms with Crippen LogP contribution < -0.4 is 10.9 Å². The molecule has 0 unspecified atom stereocenters. The van der Waals surface area contributed by atoms with Crippen molar-refractivity contribution >= 4 is 5.71 Å². The van der Waals surface area contributed by atoms with E-state index in [1.54, 1.807) is 0 Å². The molecule has 0 amide bonds. The Morgan fingerprint density at radius 1 is 1.58 bits per heavy atom. The number of hydrazine groups is 1. The number of rotatable bonds is 1. The molecular formula is C9H13N3. The number of aliphatic imine (C=N–C) groups is 1. The summed E-state index contributed by atoms with van der Waals surface area (Å²) in [4.78, 5) is 4.56. The lowest BCUT2D eigenvalue weighted by molar-refractivity contribution is 0.739. The van der Waals surface area contributed by atoms with Crippen LogP contribution in [0.4, 0.5) is 0 Å². The largest absolute Gasteiger partial charge is 0.308 e. The van der Waals surface area contributed by atoms with E-state index < -0.39 is 0 Å². The standard InChI is InChI=1S/C9H13N3/c1-6-5-10-12-7(2)9(6)11-8-3-4-8/h5,8,10,12H,2-4H2,1H3. The quantitative estimate of drug-likeness (QED) is 0.607. The van der Waals surface area contributed by atoms with Crippen LogP contribution >= 0.6 is 0 Å². The topological polar surface area (TPSA) is 36.4 Å². The predicted octanol–water partition coefficient (Wildman–Crippen LogP) is 1.12. The smallest absolute Gasteiger partial charge is 0.0865 e. The van der Waals surface area contributed by atoms with Gasteiger partial charge in [0.25, 0.3) is 0 Å². The summed E-state index contributed by atoms with van der Waals surface area (Å²) in [5, 5.41) is 0. The Morgan fingerprint density at radius 2 is 2.33 bits per heavy atom. The number of nitrogens with one attached hydrogen (secondary N) is 2. The van der Waals surface area contributed by atoms with Crippen LogP contribution in [0.25, 0.3) is 0 Å². The molecule has 1 fully saturated rings. The molecule has 64 valence electrons. The second-order valence-electron chi connectivity index (χ2n) is 3.28. The van der Waals surface area contributed by atoms with E-state index in [0.717, 1.165) is 17.0 Å². The van der Waals surface area contributed by atoms with Crippen molar-refractivity contribution in [1.82, 2.24) is 10.9 Å². The van der Waals surface area contributed by atoms with Crippen LogP contribution in [-0.2, 0) is 0 Å². The third-order valence-corrected chi connectivity index (χ3v) is 2.03. The van der Waals surface area contributed by atoms with Crippen molar-refractivity contribution in [3.8, 4) is 0 Å². The zero-order valence-electron chi connectivity index (χ0n) is 7.22. The summed E-state index contributed by atoms with van der Waals surface area (Å²) in [7, 11) is 0. The molecule has 0 spiro atoms. The first-order chi connectivity index (χ1) is 5.77. The Balaban J connectivity index is 2.23. The van der Waals surface area contributed by atoms with Crippen LogP contribution in [0.15, 0.2) is 29.0 Å². The minimum Gasteiger partial charge on any atom is -0.308 e. The average Bonchev–Trinajstić information content (AvgIpc) is 2.80. The Labute approximate surface area is 72.2 Å². The molecule has 0 bridgehead atoms. The van der Waals surface area contributed by atoms with E-state index in [9.17, 15) is 0 Å². The molecule has 0 radical (unpaired) electrons. The normalized spacial score (nSPS) is 26.2. The van der Waals surface area contributed by atoms with Gasteiger partial charge in [-0.15, -0.1) is 0 Å². The van der Waals surface area contributed by atoms with Gasteiger partial charge in [-0.25, -0.2) is 0 Å². The summed E-state index contributed by atoms with van der Waals surface area (Å²) in [5.74, 6) is 0. The third-order valence-electron chi connectivity index (χ3n) is 2.03. The Kier molecular flexibility index (Phi) is 1.64. The molecule has 1 saturated carbocycles. The van der Waals surface area contributed by atoms with Gasteiger partial charge in [-0.2, -0.15) is 0 Å². The van der Waals surface area contributed by atoms with Crippen LogP contribution in [-0.4, -0.2) is 11.8 Å². The lowest BCUT2D eigenvalue weighted by Crippen LogP contribution is -2.35. The lowest BCUT2D eigenvalue weighted by atomic mass is 10.1. The van der Waals surface area contributed by atoms with E-state index in [2.05, 4.69) is 22.4 Å². The molecule has 0 aromatic rings. The molecule has 2 N–H and O–H groups in total. The molecule has 1 aliphatic heterocycles.